The van der Waals surface area contributed by atoms with Crippen LogP contribution in [0.25, 0.3) is 0 Å². The zero-order valence-electron chi connectivity index (χ0n) is 11.0. The minimum absolute atomic E-state index is 0.444. The van der Waals surface area contributed by atoms with Crippen LogP contribution in [0.1, 0.15) is 22.3 Å². The lowest BCUT2D eigenvalue weighted by molar-refractivity contribution is 0.682. The van der Waals surface area contributed by atoms with Gasteiger partial charge in [-0.1, -0.05) is 29.8 Å². The van der Waals surface area contributed by atoms with Gasteiger partial charge in [-0.05, 0) is 43.2 Å². The van der Waals surface area contributed by atoms with E-state index in [1.807, 2.05) is 44.2 Å². The van der Waals surface area contributed by atoms with Crippen LogP contribution in [-0.2, 0) is 16.6 Å². The lowest BCUT2D eigenvalue weighted by Crippen LogP contribution is -1.99. The number of hydrogen-bond acceptors (Lipinski definition) is 2. The Labute approximate surface area is 116 Å². The van der Waals surface area contributed by atoms with Crippen molar-refractivity contribution in [2.75, 3.05) is 0 Å². The van der Waals surface area contributed by atoms with Crippen molar-refractivity contribution in [1.82, 2.24) is 0 Å². The van der Waals surface area contributed by atoms with Crippen molar-refractivity contribution < 1.29 is 4.21 Å². The maximum absolute atomic E-state index is 12.4. The normalized spacial score (nSPS) is 11.8. The summed E-state index contributed by atoms with van der Waals surface area (Å²) in [5.74, 6) is 0.444. The van der Waals surface area contributed by atoms with Gasteiger partial charge >= 0.3 is 0 Å². The Morgan fingerprint density at radius 3 is 2.63 bits per heavy atom. The fourth-order valence-corrected chi connectivity index (χ4v) is 3.29. The van der Waals surface area contributed by atoms with E-state index in [2.05, 4.69) is 6.07 Å². The van der Waals surface area contributed by atoms with Crippen LogP contribution in [0, 0.1) is 25.2 Å². The fourth-order valence-electron chi connectivity index (χ4n) is 2.01. The first-order chi connectivity index (χ1) is 9.10. The van der Waals surface area contributed by atoms with E-state index in [1.54, 1.807) is 12.1 Å². The molecule has 0 heterocycles. The molecule has 0 aliphatic carbocycles. The van der Waals surface area contributed by atoms with E-state index in [-0.39, 0.29) is 0 Å². The highest BCUT2D eigenvalue weighted by Crippen LogP contribution is 2.18. The lowest BCUT2D eigenvalue weighted by atomic mass is 10.2. The Hall–Kier alpha value is -1.92. The van der Waals surface area contributed by atoms with Gasteiger partial charge in [-0.15, -0.1) is 0 Å². The number of hydrogen-bond donors (Lipinski definition) is 0. The highest BCUT2D eigenvalue weighted by atomic mass is 32.2. The predicted molar refractivity (Wildman–Crippen MR) is 77.2 cm³/mol. The average molecular weight is 269 g/mol. The second-order valence-electron chi connectivity index (χ2n) is 4.57. The van der Waals surface area contributed by atoms with Crippen LogP contribution in [0.2, 0.25) is 0 Å². The second kappa shape index (κ2) is 5.81. The molecule has 0 amide bonds. The molecule has 1 atom stereocenters. The summed E-state index contributed by atoms with van der Waals surface area (Å²) in [5.41, 5.74) is 3.76. The standard InChI is InChI=1S/C16H15NOS/c1-12-6-7-16(13(2)8-12)19(18)11-15-5-3-4-14(9-15)10-17/h3-9H,11H2,1-2H3. The third-order valence-electron chi connectivity index (χ3n) is 2.93. The topological polar surface area (TPSA) is 40.9 Å². The molecule has 2 rings (SSSR count). The minimum atomic E-state index is -1.07. The van der Waals surface area contributed by atoms with Crippen molar-refractivity contribution in [2.24, 2.45) is 0 Å². The average Bonchev–Trinajstić information content (AvgIpc) is 2.38. The van der Waals surface area contributed by atoms with Gasteiger partial charge in [-0.2, -0.15) is 5.26 Å². The Balaban J connectivity index is 2.23. The molecule has 0 fully saturated rings. The maximum Gasteiger partial charge on any atom is 0.0991 e. The summed E-state index contributed by atoms with van der Waals surface area (Å²) in [4.78, 5) is 0.868. The summed E-state index contributed by atoms with van der Waals surface area (Å²) in [5, 5.41) is 8.86. The van der Waals surface area contributed by atoms with Crippen molar-refractivity contribution >= 4 is 10.8 Å². The van der Waals surface area contributed by atoms with Gasteiger partial charge in [0.25, 0.3) is 0 Å². The van der Waals surface area contributed by atoms with Crippen LogP contribution in [0.15, 0.2) is 47.4 Å². The smallest absolute Gasteiger partial charge is 0.0991 e. The van der Waals surface area contributed by atoms with Gasteiger partial charge in [0.1, 0.15) is 0 Å². The summed E-state index contributed by atoms with van der Waals surface area (Å²) < 4.78 is 12.4. The van der Waals surface area contributed by atoms with Crippen molar-refractivity contribution in [3.05, 3.63) is 64.7 Å². The van der Waals surface area contributed by atoms with Gasteiger partial charge in [-0.25, -0.2) is 0 Å². The van der Waals surface area contributed by atoms with Crippen molar-refractivity contribution in [3.63, 3.8) is 0 Å². The van der Waals surface area contributed by atoms with E-state index in [0.29, 0.717) is 11.3 Å². The molecule has 0 saturated heterocycles. The van der Waals surface area contributed by atoms with E-state index in [1.165, 1.54) is 5.56 Å². The van der Waals surface area contributed by atoms with Gasteiger partial charge in [0.05, 0.1) is 28.2 Å². The number of nitriles is 1. The molecule has 3 heteroatoms. The van der Waals surface area contributed by atoms with Crippen molar-refractivity contribution in [3.8, 4) is 6.07 Å². The van der Waals surface area contributed by atoms with Gasteiger partial charge in [0.2, 0.25) is 0 Å². The zero-order chi connectivity index (χ0) is 13.8. The third kappa shape index (κ3) is 3.30. The first-order valence-corrected chi connectivity index (χ1v) is 7.36. The molecule has 0 aliphatic rings. The third-order valence-corrected chi connectivity index (χ3v) is 4.47. The Bertz CT molecular complexity index is 671. The van der Waals surface area contributed by atoms with E-state index in [4.69, 9.17) is 5.26 Å². The summed E-state index contributed by atoms with van der Waals surface area (Å²) >= 11 is 0. The number of benzene rings is 2. The Morgan fingerprint density at radius 1 is 1.16 bits per heavy atom. The van der Waals surface area contributed by atoms with Gasteiger partial charge in [0.15, 0.2) is 0 Å². The van der Waals surface area contributed by atoms with Crippen LogP contribution < -0.4 is 0 Å². The lowest BCUT2D eigenvalue weighted by Gasteiger charge is -2.07. The molecule has 2 nitrogen and oxygen atoms in total. The molecule has 0 aliphatic heterocycles. The molecule has 0 bridgehead atoms. The fraction of sp³-hybridized carbons (Fsp3) is 0.188. The molecule has 0 radical (unpaired) electrons. The molecule has 96 valence electrons. The Kier molecular flexibility index (Phi) is 4.13. The number of aryl methyl sites for hydroxylation is 2. The second-order valence-corrected chi connectivity index (χ2v) is 5.99. The molecule has 0 saturated carbocycles. The monoisotopic (exact) mass is 269 g/mol. The van der Waals surface area contributed by atoms with E-state index in [9.17, 15) is 4.21 Å². The molecular formula is C16H15NOS. The predicted octanol–water partition coefficient (Wildman–Crippen LogP) is 3.48. The SMILES string of the molecule is Cc1ccc(S(=O)Cc2cccc(C#N)c2)c(C)c1. The summed E-state index contributed by atoms with van der Waals surface area (Å²) in [7, 11) is -1.07. The van der Waals surface area contributed by atoms with E-state index >= 15 is 0 Å². The van der Waals surface area contributed by atoms with Crippen LogP contribution in [0.4, 0.5) is 0 Å². The highest BCUT2D eigenvalue weighted by molar-refractivity contribution is 7.84. The first kappa shape index (κ1) is 13.5. The quantitative estimate of drug-likeness (QED) is 0.856. The van der Waals surface area contributed by atoms with Gasteiger partial charge in [0, 0.05) is 4.90 Å². The van der Waals surface area contributed by atoms with Crippen molar-refractivity contribution in [2.45, 2.75) is 24.5 Å². The first-order valence-electron chi connectivity index (χ1n) is 6.05. The van der Waals surface area contributed by atoms with Crippen LogP contribution in [0.5, 0.6) is 0 Å². The molecule has 19 heavy (non-hydrogen) atoms. The van der Waals surface area contributed by atoms with Crippen LogP contribution >= 0.6 is 0 Å². The molecule has 2 aromatic rings. The summed E-state index contributed by atoms with van der Waals surface area (Å²) in [6, 6.07) is 15.3. The number of nitrogens with zero attached hydrogens (tertiary/aromatic N) is 1. The summed E-state index contributed by atoms with van der Waals surface area (Å²) in [6.45, 7) is 4.00. The van der Waals surface area contributed by atoms with Crippen LogP contribution in [-0.4, -0.2) is 4.21 Å². The minimum Gasteiger partial charge on any atom is -0.254 e. The Morgan fingerprint density at radius 2 is 1.95 bits per heavy atom. The van der Waals surface area contributed by atoms with E-state index in [0.717, 1.165) is 16.0 Å². The zero-order valence-corrected chi connectivity index (χ0v) is 11.8. The highest BCUT2D eigenvalue weighted by Gasteiger charge is 2.08. The molecule has 1 unspecified atom stereocenters. The molecule has 2 aromatic carbocycles. The largest absolute Gasteiger partial charge is 0.254 e. The molecular weight excluding hydrogens is 254 g/mol. The maximum atomic E-state index is 12.4. The van der Waals surface area contributed by atoms with E-state index < -0.39 is 10.8 Å². The van der Waals surface area contributed by atoms with Crippen LogP contribution in [0.3, 0.4) is 0 Å². The number of rotatable bonds is 3. The van der Waals surface area contributed by atoms with Gasteiger partial charge < -0.3 is 0 Å². The summed E-state index contributed by atoms with van der Waals surface area (Å²) in [6.07, 6.45) is 0. The molecule has 0 N–H and O–H groups in total. The van der Waals surface area contributed by atoms with Crippen molar-refractivity contribution in [1.29, 1.82) is 5.26 Å². The van der Waals surface area contributed by atoms with Gasteiger partial charge in [-0.3, -0.25) is 4.21 Å². The molecule has 0 aromatic heterocycles. The molecule has 0 spiro atoms.